The number of quaternary nitrogens is 3. The molecule has 8 amide bonds. The van der Waals surface area contributed by atoms with Crippen LogP contribution in [-0.4, -0.2) is 369 Å². The van der Waals surface area contributed by atoms with Gasteiger partial charge in [0.05, 0.1) is 116 Å². The number of nitrogens with one attached hydrogen (secondary N) is 8. The normalized spacial score (nSPS) is 16.9. The van der Waals surface area contributed by atoms with Crippen LogP contribution in [0.3, 0.4) is 0 Å². The number of hydrogen-bond donors (Lipinski definition) is 16. The largest absolute Gasteiger partial charge is 0.479 e. The first kappa shape index (κ1) is 135. The van der Waals surface area contributed by atoms with Gasteiger partial charge < -0.3 is 80.9 Å². The van der Waals surface area contributed by atoms with E-state index >= 15 is 0 Å². The highest BCUT2D eigenvalue weighted by atomic mass is 35.5. The predicted octanol–water partition coefficient (Wildman–Crippen LogP) is 6.78. The van der Waals surface area contributed by atoms with Gasteiger partial charge in [0.25, 0.3) is 40.5 Å². The number of fused-ring (bicyclic) bond motifs is 7. The summed E-state index contributed by atoms with van der Waals surface area (Å²) in [6.07, 6.45) is 2.06. The molecule has 6 heterocycles. The Kier molecular flexibility index (Phi) is 63.5. The van der Waals surface area contributed by atoms with Crippen LogP contribution in [0.2, 0.25) is 5.02 Å². The molecule has 40 nitrogen and oxygen atoms in total. The number of hydrogen-bond acceptors (Lipinski definition) is 22. The van der Waals surface area contributed by atoms with Gasteiger partial charge in [-0.1, -0.05) is 191 Å². The first-order valence-corrected chi connectivity index (χ1v) is 57.2. The van der Waals surface area contributed by atoms with Crippen LogP contribution in [0.4, 0.5) is 0 Å². The fraction of sp³-hybridized carbons (Fsp3) is 0.680. The zero-order chi connectivity index (χ0) is 110. The number of piperazine rings is 6. The molecule has 10 rings (SSSR count). The average Bonchev–Trinajstić information content (AvgIpc) is 0.778. The summed E-state index contributed by atoms with van der Waals surface area (Å²) < 4.78 is 137. The number of aryl methyl sites for hydroxylation is 1. The number of halogens is 1. The standard InChI is InChI=1S/C17H21NO4S.C13H18ClNO4S.C13H25N3O.C12H23N3O.C12H17NO4S.C9H20N2O.C7H16NO4P.C7H15NO4S.C7H15NO3/c1-12(2)17(19)18-11-5-7-13-6-3-9-15-14(13)8-4-10-16(15)23(20,21)22;1-9(2)13(16)15-7-11(8-20(17,18)19)10-3-5-12(14)6-4-10;1-12(2)13(17)14-4-3-8-16-9-5-15(6-10-16)7-11-16;1-11(2)12(16)13-3-7-15-8-4-14(5-9-15)6-10-15;1-9(2)12(14)13-8-7-10-3-5-11(6-4-10)18(15,16)17;1-8(2)9(12)10-6-7-11(3,4)5;1-6(2)7(9)8-4-3-5-13(10,11)12;1-6(2)7(9)8(3)4-5-13(10,11)12;1-5(2)3-8-4-6(9)7(10)11/h3-4,6,8-10,12H,5,7,11H2,1-2H3,(H,18,19)(H,20,21,22);3-6,9,11H,7-8H2,1-2H3,(H,15,16)(H,17,18,19);12H,3-11H2,1-2H3;11H,3-10H2,1-2H3;3-6,9H,7-8H2,1-2H3,(H,13,14)(H,15,16,17);8H,6-7H2,1-5H3;6H,3-5H2,1-2H3,(H,8,9)(H2,10,11,12);6H,4-5H2,1-3H3,(H,10,11,12);5-6,8-9H,3-4H2,1-2H3,(H,10,11)/p+3. The maximum Gasteiger partial charge on any atom is 0.333 e. The van der Waals surface area contributed by atoms with Gasteiger partial charge in [-0.3, -0.25) is 70.9 Å². The van der Waals surface area contributed by atoms with E-state index in [1.807, 2.05) is 95.2 Å². The van der Waals surface area contributed by atoms with Gasteiger partial charge in [0, 0.05) is 162 Å². The third-order valence-electron chi connectivity index (χ3n) is 23.1. The molecule has 6 saturated heterocycles. The summed E-state index contributed by atoms with van der Waals surface area (Å²) >= 11 is 5.78. The number of likely N-dealkylation sites (N-methyl/N-ethyl adjacent to an activating group) is 1. The van der Waals surface area contributed by atoms with E-state index in [0.717, 1.165) is 73.1 Å². The summed E-state index contributed by atoms with van der Waals surface area (Å²) in [6.45, 7) is 57.0. The van der Waals surface area contributed by atoms with Crippen molar-refractivity contribution in [1.29, 1.82) is 0 Å². The molecule has 16 N–H and O–H groups in total. The summed E-state index contributed by atoms with van der Waals surface area (Å²) in [5.41, 5.74) is 2.58. The molecule has 0 saturated carbocycles. The number of amides is 8. The van der Waals surface area contributed by atoms with E-state index in [1.54, 1.807) is 96.1 Å². The highest BCUT2D eigenvalue weighted by Gasteiger charge is 2.39. The predicted molar refractivity (Wildman–Crippen MR) is 559 cm³/mol. The zero-order valence-corrected chi connectivity index (χ0v) is 93.3. The van der Waals surface area contributed by atoms with Gasteiger partial charge >= 0.3 is 13.6 Å². The molecule has 820 valence electrons. The van der Waals surface area contributed by atoms with Crippen LogP contribution < -0.4 is 42.5 Å². The topological polar surface area (TPSA) is 575 Å². The molecule has 2 atom stereocenters. The molecule has 46 heteroatoms. The Labute approximate surface area is 856 Å². The number of carbonyl (C=O) groups excluding carboxylic acids is 8. The summed E-state index contributed by atoms with van der Waals surface area (Å²) in [5, 5.41) is 41.5. The van der Waals surface area contributed by atoms with Gasteiger partial charge in [-0.25, -0.2) is 4.79 Å². The lowest BCUT2D eigenvalue weighted by molar-refractivity contribution is -0.941. The van der Waals surface area contributed by atoms with Crippen LogP contribution in [0.15, 0.2) is 94.7 Å². The van der Waals surface area contributed by atoms with Crippen LogP contribution in [0, 0.1) is 53.3 Å². The Morgan fingerprint density at radius 1 is 0.455 bits per heavy atom. The molecule has 2 unspecified atom stereocenters. The van der Waals surface area contributed by atoms with Gasteiger partial charge in [0.1, 0.15) is 4.90 Å². The van der Waals surface area contributed by atoms with Crippen molar-refractivity contribution in [3.05, 3.63) is 107 Å². The summed E-state index contributed by atoms with van der Waals surface area (Å²) in [5.74, 6) is -2.17. The Balaban J connectivity index is 0.00000160. The maximum atomic E-state index is 11.6. The minimum atomic E-state index is -4.25. The van der Waals surface area contributed by atoms with Gasteiger partial charge in [-0.15, -0.1) is 0 Å². The van der Waals surface area contributed by atoms with Crippen molar-refractivity contribution < 1.29 is 133 Å². The van der Waals surface area contributed by atoms with Crippen LogP contribution in [-0.2, 0) is 101 Å². The summed E-state index contributed by atoms with van der Waals surface area (Å²) in [6, 6.07) is 22.8. The SMILES string of the molecule is CC(C)C(=O)N(C)CCS(=O)(=O)O.CC(C)C(=O)NCC(CS(=O)(=O)O)c1ccc(Cl)cc1.CC(C)C(=O)NCCCP(=O)(O)O.CC(C)C(=O)NCCC[N+]12CCN(CC1)CC2.CC(C)C(=O)NCCCc1cccc2c(S(=O)(=O)O)cccc12.CC(C)C(=O)NCC[N+](C)(C)C.CC(C)C(=O)NCC[N+]12CCN(CC1)CC2.CC(C)C(=O)NCCc1ccc(S(=O)(=O)O)cc1.CC(C)CNCC(O)C(=O)O. The average molecular weight is 2150 g/mol. The molecule has 4 aromatic rings. The van der Waals surface area contributed by atoms with Gasteiger partial charge in [0.2, 0.25) is 47.3 Å². The van der Waals surface area contributed by atoms with Crippen LogP contribution in [0.5, 0.6) is 0 Å². The van der Waals surface area contributed by atoms with Crippen molar-refractivity contribution in [2.24, 2.45) is 53.3 Å². The molecule has 6 aliphatic heterocycles. The van der Waals surface area contributed by atoms with Crippen molar-refractivity contribution in [1.82, 2.24) is 57.2 Å². The molecule has 6 aliphatic rings. The lowest BCUT2D eigenvalue weighted by Crippen LogP contribution is -2.68. The number of nitrogens with zero attached hydrogens (tertiary/aromatic N) is 6. The summed E-state index contributed by atoms with van der Waals surface area (Å²) in [4.78, 5) is 124. The molecule has 143 heavy (non-hydrogen) atoms. The number of carbonyl (C=O) groups is 9. The molecule has 0 aromatic heterocycles. The summed E-state index contributed by atoms with van der Waals surface area (Å²) in [7, 11) is -12.5. The van der Waals surface area contributed by atoms with E-state index in [0.29, 0.717) is 60.8 Å². The lowest BCUT2D eigenvalue weighted by Gasteiger charge is -2.50. The number of aliphatic hydroxyl groups is 1. The number of aliphatic carboxylic acids is 1. The first-order valence-electron chi connectivity index (χ1n) is 49.0. The van der Waals surface area contributed by atoms with Crippen LogP contribution in [0.25, 0.3) is 10.8 Å². The van der Waals surface area contributed by atoms with Gasteiger partial charge in [0.15, 0.2) is 6.10 Å². The minimum absolute atomic E-state index is 0.00967. The second kappa shape index (κ2) is 67.2. The van der Waals surface area contributed by atoms with Crippen molar-refractivity contribution >= 4 is 124 Å². The maximum absolute atomic E-state index is 11.6. The molecule has 6 fully saturated rings. The third kappa shape index (κ3) is 62.8. The van der Waals surface area contributed by atoms with Crippen molar-refractivity contribution in [3.63, 3.8) is 0 Å². The molecule has 0 aliphatic carbocycles. The van der Waals surface area contributed by atoms with Gasteiger partial charge in [-0.05, 0) is 90.6 Å². The van der Waals surface area contributed by atoms with E-state index in [1.165, 1.54) is 124 Å². The number of benzene rings is 4. The Morgan fingerprint density at radius 3 is 1.24 bits per heavy atom. The number of rotatable bonds is 44. The van der Waals surface area contributed by atoms with Gasteiger partial charge in [-0.2, -0.15) is 33.7 Å². The molecule has 0 radical (unpaired) electrons. The van der Waals surface area contributed by atoms with Crippen molar-refractivity contribution in [3.8, 4) is 0 Å². The molecule has 4 aromatic carbocycles. The van der Waals surface area contributed by atoms with E-state index < -0.39 is 77.6 Å². The monoisotopic (exact) mass is 2140 g/mol. The Bertz CT molecular complexity index is 5010. The van der Waals surface area contributed by atoms with E-state index in [-0.39, 0.29) is 130 Å². The Hall–Kier alpha value is -7.83. The zero-order valence-electron chi connectivity index (χ0n) is 88.3. The highest BCUT2D eigenvalue weighted by Crippen LogP contribution is 2.35. The number of aliphatic hydroxyl groups excluding tert-OH is 1. The van der Waals surface area contributed by atoms with E-state index in [9.17, 15) is 85.9 Å². The van der Waals surface area contributed by atoms with Crippen molar-refractivity contribution in [2.45, 2.75) is 179 Å². The Morgan fingerprint density at radius 2 is 0.853 bits per heavy atom. The number of carboxylic acid groups (broad SMARTS) is 1. The quantitative estimate of drug-likeness (QED) is 0.00938. The third-order valence-corrected chi connectivity index (χ3v) is 27.6. The highest BCUT2D eigenvalue weighted by molar-refractivity contribution is 7.86. The minimum Gasteiger partial charge on any atom is -0.479 e. The smallest absolute Gasteiger partial charge is 0.333 e. The van der Waals surface area contributed by atoms with E-state index in [4.69, 9.17) is 45.3 Å². The van der Waals surface area contributed by atoms with Crippen LogP contribution in [0.1, 0.15) is 166 Å². The van der Waals surface area contributed by atoms with Crippen LogP contribution >= 0.6 is 19.2 Å². The molecular weight excluding hydrogens is 1970 g/mol. The second-order valence-electron chi connectivity index (χ2n) is 40.2. The molecule has 0 spiro atoms. The first-order chi connectivity index (χ1) is 65.9. The van der Waals surface area contributed by atoms with Crippen molar-refractivity contribution in [2.75, 3.05) is 209 Å². The second-order valence-corrected chi connectivity index (χ2v) is 48.3. The molecule has 4 bridgehead atoms. The number of carboxylic acids is 1. The fourth-order valence-corrected chi connectivity index (χ4v) is 17.1. The molecular formula is C97H173ClN14O26PS4+3. The van der Waals surface area contributed by atoms with E-state index in [2.05, 4.69) is 73.5 Å². The lowest BCUT2D eigenvalue weighted by atomic mass is 10.0. The fourth-order valence-electron chi connectivity index (χ4n) is 13.9.